The van der Waals surface area contributed by atoms with Crippen LogP contribution in [0.2, 0.25) is 0 Å². The lowest BCUT2D eigenvalue weighted by Gasteiger charge is -2.06. The van der Waals surface area contributed by atoms with E-state index < -0.39 is 0 Å². The summed E-state index contributed by atoms with van der Waals surface area (Å²) in [6, 6.07) is 5.30. The predicted molar refractivity (Wildman–Crippen MR) is 60.2 cm³/mol. The van der Waals surface area contributed by atoms with Gasteiger partial charge in [-0.15, -0.1) is 0 Å². The Morgan fingerprint density at radius 3 is 2.73 bits per heavy atom. The van der Waals surface area contributed by atoms with E-state index in [9.17, 15) is 4.39 Å². The smallest absolute Gasteiger partial charge is 0.149 e. The Labute approximate surface area is 87.9 Å². The van der Waals surface area contributed by atoms with Gasteiger partial charge in [0.05, 0.1) is 0 Å². The molecule has 2 nitrogen and oxygen atoms in total. The van der Waals surface area contributed by atoms with E-state index in [1.165, 1.54) is 6.07 Å². The molecule has 0 saturated heterocycles. The van der Waals surface area contributed by atoms with Gasteiger partial charge in [0.2, 0.25) is 0 Å². The minimum Gasteiger partial charge on any atom is -0.383 e. The number of halogens is 1. The fraction of sp³-hybridized carbons (Fsp3) is 0.250. The maximum atomic E-state index is 13.5. The number of nitrogen functional groups attached to an aromatic ring is 1. The summed E-state index contributed by atoms with van der Waals surface area (Å²) in [4.78, 5) is 4.09. The van der Waals surface area contributed by atoms with E-state index in [1.54, 1.807) is 0 Å². The third-order valence-corrected chi connectivity index (χ3v) is 2.51. The van der Waals surface area contributed by atoms with Crippen molar-refractivity contribution in [3.8, 4) is 0 Å². The molecule has 2 aromatic rings. The van der Waals surface area contributed by atoms with Gasteiger partial charge in [-0.3, -0.25) is 0 Å². The van der Waals surface area contributed by atoms with Crippen LogP contribution in [-0.4, -0.2) is 4.98 Å². The summed E-state index contributed by atoms with van der Waals surface area (Å²) in [5.41, 5.74) is 7.95. The minimum atomic E-state index is -0.306. The largest absolute Gasteiger partial charge is 0.383 e. The first-order chi connectivity index (χ1) is 7.11. The van der Waals surface area contributed by atoms with Crippen LogP contribution in [0, 0.1) is 12.7 Å². The van der Waals surface area contributed by atoms with E-state index in [4.69, 9.17) is 5.73 Å². The Morgan fingerprint density at radius 2 is 2.07 bits per heavy atom. The highest BCUT2D eigenvalue weighted by molar-refractivity contribution is 5.82. The van der Waals surface area contributed by atoms with Crippen molar-refractivity contribution >= 4 is 16.7 Å². The van der Waals surface area contributed by atoms with Crippen LogP contribution in [0.3, 0.4) is 0 Å². The Bertz CT molecular complexity index is 521. The highest BCUT2D eigenvalue weighted by Crippen LogP contribution is 2.22. The van der Waals surface area contributed by atoms with Crippen LogP contribution < -0.4 is 5.73 Å². The van der Waals surface area contributed by atoms with Gasteiger partial charge in [0.15, 0.2) is 0 Å². The van der Waals surface area contributed by atoms with Gasteiger partial charge < -0.3 is 5.73 Å². The SMILES string of the molecule is CCc1cc2cc(C)cc(F)c2nc1N. The van der Waals surface area contributed by atoms with Crippen molar-refractivity contribution < 1.29 is 4.39 Å². The second-order valence-electron chi connectivity index (χ2n) is 3.70. The van der Waals surface area contributed by atoms with Crippen molar-refractivity contribution in [3.05, 3.63) is 35.1 Å². The van der Waals surface area contributed by atoms with E-state index in [2.05, 4.69) is 4.98 Å². The summed E-state index contributed by atoms with van der Waals surface area (Å²) in [5.74, 6) is 0.118. The molecule has 78 valence electrons. The molecule has 1 aromatic heterocycles. The molecule has 1 aromatic carbocycles. The average molecular weight is 204 g/mol. The molecule has 0 unspecified atom stereocenters. The molecule has 15 heavy (non-hydrogen) atoms. The highest BCUT2D eigenvalue weighted by atomic mass is 19.1. The van der Waals surface area contributed by atoms with Gasteiger partial charge in [-0.25, -0.2) is 9.37 Å². The van der Waals surface area contributed by atoms with E-state index >= 15 is 0 Å². The van der Waals surface area contributed by atoms with Crippen LogP contribution in [0.1, 0.15) is 18.1 Å². The standard InChI is InChI=1S/C12H13FN2/c1-3-8-6-9-4-7(2)5-10(13)11(9)15-12(8)14/h4-6H,3H2,1-2H3,(H2,14,15). The zero-order valence-electron chi connectivity index (χ0n) is 8.84. The zero-order chi connectivity index (χ0) is 11.0. The van der Waals surface area contributed by atoms with Crippen molar-refractivity contribution in [2.75, 3.05) is 5.73 Å². The van der Waals surface area contributed by atoms with Gasteiger partial charge in [0.1, 0.15) is 17.2 Å². The second-order valence-corrected chi connectivity index (χ2v) is 3.70. The predicted octanol–water partition coefficient (Wildman–Crippen LogP) is 2.83. The van der Waals surface area contributed by atoms with E-state index in [0.29, 0.717) is 11.3 Å². The first-order valence-corrected chi connectivity index (χ1v) is 4.97. The molecule has 0 radical (unpaired) electrons. The third kappa shape index (κ3) is 1.65. The van der Waals surface area contributed by atoms with Crippen molar-refractivity contribution in [2.24, 2.45) is 0 Å². The number of rotatable bonds is 1. The summed E-state index contributed by atoms with van der Waals surface area (Å²) in [6.45, 7) is 3.87. The number of hydrogen-bond acceptors (Lipinski definition) is 2. The number of anilines is 1. The molecule has 3 heteroatoms. The normalized spacial score (nSPS) is 10.9. The topological polar surface area (TPSA) is 38.9 Å². The van der Waals surface area contributed by atoms with E-state index in [0.717, 1.165) is 22.9 Å². The number of nitrogens with zero attached hydrogens (tertiary/aromatic N) is 1. The maximum absolute atomic E-state index is 13.5. The molecule has 0 spiro atoms. The quantitative estimate of drug-likeness (QED) is 0.775. The van der Waals surface area contributed by atoms with Gasteiger partial charge >= 0.3 is 0 Å². The Balaban J connectivity index is 2.81. The average Bonchev–Trinajstić information content (AvgIpc) is 2.18. The van der Waals surface area contributed by atoms with Gasteiger partial charge in [-0.1, -0.05) is 6.92 Å². The van der Waals surface area contributed by atoms with Crippen molar-refractivity contribution in [3.63, 3.8) is 0 Å². The molecule has 0 saturated carbocycles. The maximum Gasteiger partial charge on any atom is 0.149 e. The number of fused-ring (bicyclic) bond motifs is 1. The third-order valence-electron chi connectivity index (χ3n) is 2.51. The fourth-order valence-electron chi connectivity index (χ4n) is 1.73. The van der Waals surface area contributed by atoms with Crippen LogP contribution in [0.5, 0.6) is 0 Å². The van der Waals surface area contributed by atoms with Gasteiger partial charge in [0, 0.05) is 5.39 Å². The number of aryl methyl sites for hydroxylation is 2. The summed E-state index contributed by atoms with van der Waals surface area (Å²) in [6.07, 6.45) is 0.810. The molecular formula is C12H13FN2. The van der Waals surface area contributed by atoms with Crippen LogP contribution in [0.15, 0.2) is 18.2 Å². The summed E-state index contributed by atoms with van der Waals surface area (Å²) < 4.78 is 13.5. The summed E-state index contributed by atoms with van der Waals surface area (Å²) in [7, 11) is 0. The molecule has 0 aliphatic heterocycles. The van der Waals surface area contributed by atoms with E-state index in [1.807, 2.05) is 26.0 Å². The molecule has 0 bridgehead atoms. The first kappa shape index (κ1) is 9.90. The van der Waals surface area contributed by atoms with Crippen LogP contribution in [-0.2, 0) is 6.42 Å². The summed E-state index contributed by atoms with van der Waals surface area (Å²) >= 11 is 0. The molecular weight excluding hydrogens is 191 g/mol. The second kappa shape index (κ2) is 3.50. The Kier molecular flexibility index (Phi) is 2.31. The lowest BCUT2D eigenvalue weighted by molar-refractivity contribution is 0.636. The molecule has 0 atom stereocenters. The monoisotopic (exact) mass is 204 g/mol. The molecule has 0 amide bonds. The number of hydrogen-bond donors (Lipinski definition) is 1. The molecule has 0 aliphatic carbocycles. The molecule has 2 N–H and O–H groups in total. The Hall–Kier alpha value is -1.64. The zero-order valence-corrected chi connectivity index (χ0v) is 8.84. The van der Waals surface area contributed by atoms with Crippen molar-refractivity contribution in [2.45, 2.75) is 20.3 Å². The molecule has 2 rings (SSSR count). The molecule has 1 heterocycles. The number of benzene rings is 1. The van der Waals surface area contributed by atoms with Crippen LogP contribution in [0.4, 0.5) is 10.2 Å². The van der Waals surface area contributed by atoms with Crippen molar-refractivity contribution in [1.82, 2.24) is 4.98 Å². The lowest BCUT2D eigenvalue weighted by atomic mass is 10.1. The highest BCUT2D eigenvalue weighted by Gasteiger charge is 2.07. The van der Waals surface area contributed by atoms with Gasteiger partial charge in [0.25, 0.3) is 0 Å². The Morgan fingerprint density at radius 1 is 1.33 bits per heavy atom. The lowest BCUT2D eigenvalue weighted by Crippen LogP contribution is -1.98. The fourth-order valence-corrected chi connectivity index (χ4v) is 1.73. The van der Waals surface area contributed by atoms with E-state index in [-0.39, 0.29) is 5.82 Å². The number of aromatic nitrogens is 1. The summed E-state index contributed by atoms with van der Waals surface area (Å²) in [5, 5.41) is 0.818. The number of pyridine rings is 1. The van der Waals surface area contributed by atoms with Crippen LogP contribution >= 0.6 is 0 Å². The van der Waals surface area contributed by atoms with Crippen LogP contribution in [0.25, 0.3) is 10.9 Å². The van der Waals surface area contributed by atoms with Gasteiger partial charge in [-0.05, 0) is 42.7 Å². The molecule has 0 fully saturated rings. The van der Waals surface area contributed by atoms with Crippen molar-refractivity contribution in [1.29, 1.82) is 0 Å². The molecule has 0 aliphatic rings. The van der Waals surface area contributed by atoms with Gasteiger partial charge in [-0.2, -0.15) is 0 Å². The first-order valence-electron chi connectivity index (χ1n) is 4.97. The minimum absolute atomic E-state index is 0.306. The number of nitrogens with two attached hydrogens (primary N) is 1.